The Morgan fingerprint density at radius 1 is 1.03 bits per heavy atom. The largest absolute Gasteiger partial charge is 0.416 e. The molecular weight excluding hydrogens is 437 g/mol. The molecule has 0 aliphatic rings. The van der Waals surface area contributed by atoms with E-state index in [1.807, 2.05) is 32.0 Å². The maximum atomic E-state index is 12.8. The predicted molar refractivity (Wildman–Crippen MR) is 117 cm³/mol. The summed E-state index contributed by atoms with van der Waals surface area (Å²) in [7, 11) is 1.43. The predicted octanol–water partition coefficient (Wildman–Crippen LogP) is 2.07. The van der Waals surface area contributed by atoms with Crippen LogP contribution in [0.25, 0.3) is 0 Å². The number of carbonyl (C=O) groups excluding carboxylic acids is 3. The number of amides is 3. The van der Waals surface area contributed by atoms with Crippen LogP contribution in [0.4, 0.5) is 13.2 Å². The second kappa shape index (κ2) is 11.5. The number of alkyl halides is 3. The molecule has 7 nitrogen and oxygen atoms in total. The van der Waals surface area contributed by atoms with Gasteiger partial charge in [-0.25, -0.2) is 0 Å². The van der Waals surface area contributed by atoms with Crippen LogP contribution < -0.4 is 21.3 Å². The number of likely N-dealkylation sites (N-methyl/N-ethyl adjacent to an activating group) is 1. The summed E-state index contributed by atoms with van der Waals surface area (Å²) < 4.78 is 38.4. The maximum Gasteiger partial charge on any atom is 0.416 e. The van der Waals surface area contributed by atoms with Crippen LogP contribution in [0.3, 0.4) is 0 Å². The Kier molecular flexibility index (Phi) is 8.98. The van der Waals surface area contributed by atoms with Gasteiger partial charge in [-0.05, 0) is 43.2 Å². The van der Waals surface area contributed by atoms with Crippen LogP contribution in [-0.4, -0.2) is 43.9 Å². The van der Waals surface area contributed by atoms with E-state index < -0.39 is 42.0 Å². The fourth-order valence-corrected chi connectivity index (χ4v) is 3.12. The zero-order valence-electron chi connectivity index (χ0n) is 18.6. The Balaban J connectivity index is 1.90. The number of halogens is 3. The van der Waals surface area contributed by atoms with Crippen LogP contribution >= 0.6 is 0 Å². The molecule has 4 N–H and O–H groups in total. The Hall–Kier alpha value is -3.40. The first-order valence-corrected chi connectivity index (χ1v) is 10.2. The smallest absolute Gasteiger partial charge is 0.357 e. The number of nitrogens with one attached hydrogen (secondary N) is 4. The molecule has 1 atom stereocenters. The molecule has 3 amide bonds. The highest BCUT2D eigenvalue weighted by atomic mass is 19.4. The van der Waals surface area contributed by atoms with E-state index in [9.17, 15) is 27.6 Å². The van der Waals surface area contributed by atoms with E-state index in [1.54, 1.807) is 0 Å². The van der Waals surface area contributed by atoms with E-state index >= 15 is 0 Å². The average Bonchev–Trinajstić information content (AvgIpc) is 2.77. The highest BCUT2D eigenvalue weighted by molar-refractivity contribution is 5.97. The molecule has 0 heterocycles. The first kappa shape index (κ1) is 25.9. The number of rotatable bonds is 9. The Labute approximate surface area is 190 Å². The van der Waals surface area contributed by atoms with Gasteiger partial charge in [0.05, 0.1) is 12.1 Å². The molecule has 0 radical (unpaired) electrons. The molecule has 2 rings (SSSR count). The third kappa shape index (κ3) is 7.90. The van der Waals surface area contributed by atoms with Crippen LogP contribution in [0, 0.1) is 13.8 Å². The van der Waals surface area contributed by atoms with E-state index in [0.717, 1.165) is 28.8 Å². The summed E-state index contributed by atoms with van der Waals surface area (Å²) in [6, 6.07) is 8.98. The molecule has 10 heteroatoms. The summed E-state index contributed by atoms with van der Waals surface area (Å²) >= 11 is 0. The third-order valence-corrected chi connectivity index (χ3v) is 4.92. The molecule has 33 heavy (non-hydrogen) atoms. The highest BCUT2D eigenvalue weighted by Gasteiger charge is 2.31. The Bertz CT molecular complexity index is 1010. The molecule has 0 aliphatic carbocycles. The minimum absolute atomic E-state index is 0.139. The normalized spacial score (nSPS) is 12.1. The lowest BCUT2D eigenvalue weighted by Crippen LogP contribution is -2.53. The molecule has 0 fully saturated rings. The van der Waals surface area contributed by atoms with Gasteiger partial charge in [0.15, 0.2) is 0 Å². The topological polar surface area (TPSA) is 99.3 Å². The van der Waals surface area contributed by atoms with Crippen molar-refractivity contribution in [3.8, 4) is 0 Å². The van der Waals surface area contributed by atoms with Gasteiger partial charge in [0.25, 0.3) is 5.91 Å². The molecule has 1 unspecified atom stereocenters. The number of benzene rings is 2. The van der Waals surface area contributed by atoms with E-state index in [0.29, 0.717) is 12.6 Å². The lowest BCUT2D eigenvalue weighted by atomic mass is 10.1. The van der Waals surface area contributed by atoms with E-state index in [1.165, 1.54) is 13.1 Å². The molecular formula is C23H27F3N4O3. The zero-order valence-corrected chi connectivity index (χ0v) is 18.6. The fourth-order valence-electron chi connectivity index (χ4n) is 3.12. The van der Waals surface area contributed by atoms with Crippen LogP contribution in [0.1, 0.15) is 32.6 Å². The van der Waals surface area contributed by atoms with Crippen LogP contribution in [0.2, 0.25) is 0 Å². The van der Waals surface area contributed by atoms with E-state index in [4.69, 9.17) is 0 Å². The first-order chi connectivity index (χ1) is 15.5. The standard InChI is InChI=1S/C23H27F3N4O3/c1-14-7-8-17(15(2)9-14)11-28-12-19(22(33)27-3)30-20(31)13-29-21(32)16-5-4-6-18(10-16)23(24,25)26/h4-10,19,28H,11-13H2,1-3H3,(H,27,33)(H,29,32)(H,30,31). The van der Waals surface area contributed by atoms with Gasteiger partial charge in [0.2, 0.25) is 11.8 Å². The van der Waals surface area contributed by atoms with E-state index in [2.05, 4.69) is 21.3 Å². The van der Waals surface area contributed by atoms with Crippen molar-refractivity contribution in [3.63, 3.8) is 0 Å². The summed E-state index contributed by atoms with van der Waals surface area (Å²) in [5.41, 5.74) is 2.10. The quantitative estimate of drug-likeness (QED) is 0.457. The molecule has 0 aromatic heterocycles. The first-order valence-electron chi connectivity index (χ1n) is 10.2. The average molecular weight is 464 g/mol. The maximum absolute atomic E-state index is 12.8. The van der Waals surface area contributed by atoms with Gasteiger partial charge < -0.3 is 21.3 Å². The second-order valence-electron chi connectivity index (χ2n) is 7.56. The number of aryl methyl sites for hydroxylation is 2. The van der Waals surface area contributed by atoms with Crippen LogP contribution in [0.15, 0.2) is 42.5 Å². The Morgan fingerprint density at radius 2 is 1.76 bits per heavy atom. The van der Waals surface area contributed by atoms with Gasteiger partial charge in [-0.2, -0.15) is 13.2 Å². The summed E-state index contributed by atoms with van der Waals surface area (Å²) in [6.45, 7) is 4.10. The fraction of sp³-hybridized carbons (Fsp3) is 0.348. The molecule has 2 aromatic carbocycles. The van der Waals surface area contributed by atoms with Crippen molar-refractivity contribution < 1.29 is 27.6 Å². The summed E-state index contributed by atoms with van der Waals surface area (Å²) in [4.78, 5) is 36.5. The summed E-state index contributed by atoms with van der Waals surface area (Å²) in [5, 5.41) is 10.4. The van der Waals surface area contributed by atoms with Crippen molar-refractivity contribution >= 4 is 17.7 Å². The Morgan fingerprint density at radius 3 is 2.39 bits per heavy atom. The van der Waals surface area contributed by atoms with Gasteiger partial charge in [0, 0.05) is 25.7 Å². The zero-order chi connectivity index (χ0) is 24.6. The van der Waals surface area contributed by atoms with Gasteiger partial charge in [0.1, 0.15) is 6.04 Å². The lowest BCUT2D eigenvalue weighted by Gasteiger charge is -2.19. The monoisotopic (exact) mass is 464 g/mol. The lowest BCUT2D eigenvalue weighted by molar-refractivity contribution is -0.137. The highest BCUT2D eigenvalue weighted by Crippen LogP contribution is 2.29. The molecule has 0 bridgehead atoms. The molecule has 0 saturated carbocycles. The molecule has 0 spiro atoms. The SMILES string of the molecule is CNC(=O)C(CNCc1ccc(C)cc1C)NC(=O)CNC(=O)c1cccc(C(F)(F)F)c1. The minimum atomic E-state index is -4.58. The molecule has 0 aliphatic heterocycles. The van der Waals surface area contributed by atoms with Crippen LogP contribution in [-0.2, 0) is 22.3 Å². The van der Waals surface area contributed by atoms with Gasteiger partial charge >= 0.3 is 6.18 Å². The molecule has 178 valence electrons. The van der Waals surface area contributed by atoms with Crippen molar-refractivity contribution in [3.05, 3.63) is 70.3 Å². The van der Waals surface area contributed by atoms with Gasteiger partial charge in [-0.1, -0.05) is 29.8 Å². The summed E-state index contributed by atoms with van der Waals surface area (Å²) in [6.07, 6.45) is -4.58. The molecule has 0 saturated heterocycles. The van der Waals surface area contributed by atoms with Gasteiger partial charge in [-0.15, -0.1) is 0 Å². The van der Waals surface area contributed by atoms with Crippen molar-refractivity contribution in [2.75, 3.05) is 20.1 Å². The summed E-state index contributed by atoms with van der Waals surface area (Å²) in [5.74, 6) is -1.92. The molecule has 2 aromatic rings. The number of hydrogen-bond donors (Lipinski definition) is 4. The van der Waals surface area contributed by atoms with Crippen LogP contribution in [0.5, 0.6) is 0 Å². The second-order valence-corrected chi connectivity index (χ2v) is 7.56. The van der Waals surface area contributed by atoms with E-state index in [-0.39, 0.29) is 12.1 Å². The van der Waals surface area contributed by atoms with Crippen molar-refractivity contribution in [2.24, 2.45) is 0 Å². The number of hydrogen-bond acceptors (Lipinski definition) is 4. The van der Waals surface area contributed by atoms with Crippen molar-refractivity contribution in [1.29, 1.82) is 0 Å². The van der Waals surface area contributed by atoms with Crippen molar-refractivity contribution in [1.82, 2.24) is 21.3 Å². The minimum Gasteiger partial charge on any atom is -0.357 e. The number of carbonyl (C=O) groups is 3. The third-order valence-electron chi connectivity index (χ3n) is 4.92. The van der Waals surface area contributed by atoms with Crippen molar-refractivity contribution in [2.45, 2.75) is 32.6 Å². The van der Waals surface area contributed by atoms with Gasteiger partial charge in [-0.3, -0.25) is 14.4 Å².